The zero-order valence-corrected chi connectivity index (χ0v) is 17.3. The first-order valence-corrected chi connectivity index (χ1v) is 10.9. The SMILES string of the molecule is CN(C)S(=O)(=O)N1CCC[C@H](C(=O)Nc2nnc(-c3ccc(Cl)cc3)s2)C1. The van der Waals surface area contributed by atoms with E-state index in [0.717, 1.165) is 9.87 Å². The number of halogens is 1. The molecule has 1 fully saturated rings. The van der Waals surface area contributed by atoms with Crippen molar-refractivity contribution in [3.05, 3.63) is 29.3 Å². The topological polar surface area (TPSA) is 95.5 Å². The van der Waals surface area contributed by atoms with E-state index in [1.807, 2.05) is 12.1 Å². The second kappa shape index (κ2) is 8.19. The molecule has 0 bridgehead atoms. The van der Waals surface area contributed by atoms with E-state index in [4.69, 9.17) is 11.6 Å². The lowest BCUT2D eigenvalue weighted by Gasteiger charge is -2.32. The maximum Gasteiger partial charge on any atom is 0.281 e. The van der Waals surface area contributed by atoms with Gasteiger partial charge in [-0.15, -0.1) is 10.2 Å². The van der Waals surface area contributed by atoms with Gasteiger partial charge in [-0.3, -0.25) is 4.79 Å². The van der Waals surface area contributed by atoms with E-state index >= 15 is 0 Å². The fourth-order valence-corrected chi connectivity index (χ4v) is 4.86. The molecule has 11 heteroatoms. The summed E-state index contributed by atoms with van der Waals surface area (Å²) in [6.07, 6.45) is 1.27. The van der Waals surface area contributed by atoms with Gasteiger partial charge in [0.05, 0.1) is 5.92 Å². The van der Waals surface area contributed by atoms with E-state index in [2.05, 4.69) is 15.5 Å². The number of carbonyl (C=O) groups excluding carboxylic acids is 1. The number of piperidine rings is 1. The number of hydrogen-bond acceptors (Lipinski definition) is 6. The first kappa shape index (κ1) is 20.2. The lowest BCUT2D eigenvalue weighted by atomic mass is 9.99. The Morgan fingerprint density at radius 1 is 1.30 bits per heavy atom. The van der Waals surface area contributed by atoms with Crippen molar-refractivity contribution >= 4 is 44.2 Å². The molecule has 2 heterocycles. The monoisotopic (exact) mass is 429 g/mol. The molecule has 0 radical (unpaired) electrons. The summed E-state index contributed by atoms with van der Waals surface area (Å²) in [5.41, 5.74) is 0.860. The van der Waals surface area contributed by atoms with E-state index in [1.54, 1.807) is 12.1 Å². The van der Waals surface area contributed by atoms with Gasteiger partial charge in [0.2, 0.25) is 11.0 Å². The summed E-state index contributed by atoms with van der Waals surface area (Å²) < 4.78 is 27.1. The summed E-state index contributed by atoms with van der Waals surface area (Å²) >= 11 is 7.14. The van der Waals surface area contributed by atoms with Crippen molar-refractivity contribution in [3.63, 3.8) is 0 Å². The minimum Gasteiger partial charge on any atom is -0.300 e. The van der Waals surface area contributed by atoms with Gasteiger partial charge in [-0.25, -0.2) is 0 Å². The highest BCUT2D eigenvalue weighted by Gasteiger charge is 2.33. The van der Waals surface area contributed by atoms with Gasteiger partial charge >= 0.3 is 0 Å². The number of benzene rings is 1. The molecule has 1 amide bonds. The Morgan fingerprint density at radius 3 is 2.67 bits per heavy atom. The number of rotatable bonds is 5. The molecule has 0 unspecified atom stereocenters. The maximum absolute atomic E-state index is 12.6. The molecule has 8 nitrogen and oxygen atoms in total. The smallest absolute Gasteiger partial charge is 0.281 e. The first-order chi connectivity index (χ1) is 12.8. The largest absolute Gasteiger partial charge is 0.300 e. The molecule has 1 aliphatic rings. The van der Waals surface area contributed by atoms with Crippen LogP contribution in [0.1, 0.15) is 12.8 Å². The summed E-state index contributed by atoms with van der Waals surface area (Å²) in [5, 5.41) is 12.5. The number of aromatic nitrogens is 2. The van der Waals surface area contributed by atoms with Crippen LogP contribution in [-0.4, -0.2) is 60.3 Å². The summed E-state index contributed by atoms with van der Waals surface area (Å²) in [6, 6.07) is 7.19. The predicted molar refractivity (Wildman–Crippen MR) is 106 cm³/mol. The third-order valence-electron chi connectivity index (χ3n) is 4.29. The standard InChI is InChI=1S/C16H20ClN5O3S2/c1-21(2)27(24,25)22-9-3-4-12(10-22)14(23)18-16-20-19-15(26-16)11-5-7-13(17)8-6-11/h5-8,12H,3-4,9-10H2,1-2H3,(H,18,20,23)/t12-/m0/s1. The van der Waals surface area contributed by atoms with Crippen LogP contribution in [0.3, 0.4) is 0 Å². The molecule has 1 aliphatic heterocycles. The Labute approximate surface area is 167 Å². The first-order valence-electron chi connectivity index (χ1n) is 8.35. The lowest BCUT2D eigenvalue weighted by Crippen LogP contribution is -2.47. The summed E-state index contributed by atoms with van der Waals surface area (Å²) in [7, 11) is -0.555. The zero-order chi connectivity index (χ0) is 19.6. The van der Waals surface area contributed by atoms with Crippen LogP contribution in [0.25, 0.3) is 10.6 Å². The van der Waals surface area contributed by atoms with Crippen LogP contribution < -0.4 is 5.32 Å². The van der Waals surface area contributed by atoms with Gasteiger partial charge in [-0.05, 0) is 25.0 Å². The van der Waals surface area contributed by atoms with E-state index in [-0.39, 0.29) is 12.5 Å². The Balaban J connectivity index is 1.66. The van der Waals surface area contributed by atoms with Crippen molar-refractivity contribution in [2.24, 2.45) is 5.92 Å². The third-order valence-corrected chi connectivity index (χ3v) is 7.34. The van der Waals surface area contributed by atoms with E-state index in [1.165, 1.54) is 29.7 Å². The minimum absolute atomic E-state index is 0.162. The predicted octanol–water partition coefficient (Wildman–Crippen LogP) is 2.32. The minimum atomic E-state index is -3.52. The molecule has 1 N–H and O–H groups in total. The average molecular weight is 430 g/mol. The van der Waals surface area contributed by atoms with Gasteiger partial charge in [0.25, 0.3) is 10.2 Å². The van der Waals surface area contributed by atoms with Crippen LogP contribution in [0.5, 0.6) is 0 Å². The van der Waals surface area contributed by atoms with Gasteiger partial charge in [-0.1, -0.05) is 35.1 Å². The van der Waals surface area contributed by atoms with Crippen LogP contribution in [0, 0.1) is 5.92 Å². The second-order valence-electron chi connectivity index (χ2n) is 6.40. The highest BCUT2D eigenvalue weighted by atomic mass is 35.5. The highest BCUT2D eigenvalue weighted by molar-refractivity contribution is 7.86. The van der Waals surface area contributed by atoms with Crippen LogP contribution in [-0.2, 0) is 15.0 Å². The molecule has 146 valence electrons. The van der Waals surface area contributed by atoms with Gasteiger partial charge in [0.1, 0.15) is 5.01 Å². The van der Waals surface area contributed by atoms with Gasteiger partial charge in [0, 0.05) is 37.8 Å². The Hall–Kier alpha value is -1.59. The van der Waals surface area contributed by atoms with Crippen molar-refractivity contribution in [2.45, 2.75) is 12.8 Å². The number of nitrogens with one attached hydrogen (secondary N) is 1. The Morgan fingerprint density at radius 2 is 2.00 bits per heavy atom. The van der Waals surface area contributed by atoms with Crippen LogP contribution in [0.4, 0.5) is 5.13 Å². The Kier molecular flexibility index (Phi) is 6.11. The quantitative estimate of drug-likeness (QED) is 0.786. The number of amides is 1. The molecule has 27 heavy (non-hydrogen) atoms. The maximum atomic E-state index is 12.6. The van der Waals surface area contributed by atoms with Crippen LogP contribution in [0.2, 0.25) is 5.02 Å². The fraction of sp³-hybridized carbons (Fsp3) is 0.438. The lowest BCUT2D eigenvalue weighted by molar-refractivity contribution is -0.120. The zero-order valence-electron chi connectivity index (χ0n) is 14.9. The Bertz CT molecular complexity index is 914. The van der Waals surface area contributed by atoms with E-state index in [9.17, 15) is 13.2 Å². The second-order valence-corrected chi connectivity index (χ2v) is 9.95. The normalized spacial score (nSPS) is 18.6. The molecule has 0 aliphatic carbocycles. The van der Waals surface area contributed by atoms with E-state index in [0.29, 0.717) is 34.5 Å². The number of carbonyl (C=O) groups is 1. The molecule has 2 aromatic rings. The van der Waals surface area contributed by atoms with Crippen molar-refractivity contribution in [2.75, 3.05) is 32.5 Å². The van der Waals surface area contributed by atoms with Crippen molar-refractivity contribution in [3.8, 4) is 10.6 Å². The van der Waals surface area contributed by atoms with Crippen molar-refractivity contribution < 1.29 is 13.2 Å². The van der Waals surface area contributed by atoms with Gasteiger partial charge in [-0.2, -0.15) is 17.0 Å². The van der Waals surface area contributed by atoms with Crippen LogP contribution >= 0.6 is 22.9 Å². The summed E-state index contributed by atoms with van der Waals surface area (Å²) in [4.78, 5) is 12.6. The fourth-order valence-electron chi connectivity index (χ4n) is 2.79. The summed E-state index contributed by atoms with van der Waals surface area (Å²) in [6.45, 7) is 0.582. The molecule has 0 saturated carbocycles. The van der Waals surface area contributed by atoms with Gasteiger partial charge < -0.3 is 5.32 Å². The van der Waals surface area contributed by atoms with Crippen LogP contribution in [0.15, 0.2) is 24.3 Å². The molecular formula is C16H20ClN5O3S2. The number of anilines is 1. The molecule has 3 rings (SSSR count). The molecule has 1 aromatic carbocycles. The average Bonchev–Trinajstić information content (AvgIpc) is 3.10. The highest BCUT2D eigenvalue weighted by Crippen LogP contribution is 2.28. The molecule has 1 aromatic heterocycles. The van der Waals surface area contributed by atoms with E-state index < -0.39 is 16.1 Å². The molecule has 0 spiro atoms. The summed E-state index contributed by atoms with van der Waals surface area (Å²) in [5.74, 6) is -0.663. The third kappa shape index (κ3) is 4.64. The molecular weight excluding hydrogens is 410 g/mol. The van der Waals surface area contributed by atoms with Crippen molar-refractivity contribution in [1.82, 2.24) is 18.8 Å². The van der Waals surface area contributed by atoms with Gasteiger partial charge in [0.15, 0.2) is 0 Å². The number of nitrogens with zero attached hydrogens (tertiary/aromatic N) is 4. The molecule has 1 atom stereocenters. The van der Waals surface area contributed by atoms with Crippen molar-refractivity contribution in [1.29, 1.82) is 0 Å². The molecule has 1 saturated heterocycles. The number of hydrogen-bond donors (Lipinski definition) is 1.